The molecule has 0 saturated carbocycles. The Morgan fingerprint density at radius 3 is 2.28 bits per heavy atom. The van der Waals surface area contributed by atoms with Gasteiger partial charge in [-0.05, 0) is 15.9 Å². The van der Waals surface area contributed by atoms with Crippen LogP contribution in [0.25, 0.3) is 0 Å². The maximum Gasteiger partial charge on any atom is 0.194 e. The third-order valence-electron chi connectivity index (χ3n) is 2.18. The highest BCUT2D eigenvalue weighted by atomic mass is 79.9. The van der Waals surface area contributed by atoms with Crippen molar-refractivity contribution in [3.05, 3.63) is 46.5 Å². The van der Waals surface area contributed by atoms with E-state index in [0.29, 0.717) is 10.2 Å². The van der Waals surface area contributed by atoms with Crippen molar-refractivity contribution in [2.45, 2.75) is 0 Å². The van der Waals surface area contributed by atoms with Crippen molar-refractivity contribution in [1.82, 2.24) is 4.98 Å². The molecule has 1 aromatic heterocycles. The van der Waals surface area contributed by atoms with E-state index in [1.54, 1.807) is 0 Å². The second-order valence-corrected chi connectivity index (χ2v) is 4.32. The molecular formula is C11H7BrF3N3. The molecule has 0 amide bonds. The smallest absolute Gasteiger partial charge is 0.194 e. The summed E-state index contributed by atoms with van der Waals surface area (Å²) in [6.07, 6.45) is 2.85. The van der Waals surface area contributed by atoms with Crippen molar-refractivity contribution < 1.29 is 13.2 Å². The Hall–Kier alpha value is -1.76. The summed E-state index contributed by atoms with van der Waals surface area (Å²) >= 11 is 3.19. The van der Waals surface area contributed by atoms with Gasteiger partial charge in [0.15, 0.2) is 17.5 Å². The summed E-state index contributed by atoms with van der Waals surface area (Å²) in [5.41, 5.74) is 6.39. The first-order valence-corrected chi connectivity index (χ1v) is 5.59. The number of pyridine rings is 1. The highest BCUT2D eigenvalue weighted by Crippen LogP contribution is 2.31. The van der Waals surface area contributed by atoms with Gasteiger partial charge >= 0.3 is 0 Å². The summed E-state index contributed by atoms with van der Waals surface area (Å²) in [6, 6.07) is 1.68. The molecule has 0 aliphatic heterocycles. The predicted molar refractivity (Wildman–Crippen MR) is 65.9 cm³/mol. The van der Waals surface area contributed by atoms with Crippen molar-refractivity contribution in [3.63, 3.8) is 0 Å². The van der Waals surface area contributed by atoms with Crippen LogP contribution >= 0.6 is 15.9 Å². The number of anilines is 3. The van der Waals surface area contributed by atoms with E-state index < -0.39 is 17.5 Å². The van der Waals surface area contributed by atoms with Gasteiger partial charge < -0.3 is 11.1 Å². The molecule has 0 saturated heterocycles. The maximum absolute atomic E-state index is 13.0. The van der Waals surface area contributed by atoms with Crippen LogP contribution in [0, 0.1) is 17.5 Å². The van der Waals surface area contributed by atoms with Gasteiger partial charge in [0.1, 0.15) is 0 Å². The Balaban J connectivity index is 2.41. The number of benzene rings is 1. The van der Waals surface area contributed by atoms with Crippen LogP contribution in [0.15, 0.2) is 29.0 Å². The Kier molecular flexibility index (Phi) is 3.42. The molecule has 0 aliphatic carbocycles. The average Bonchev–Trinajstić information content (AvgIpc) is 2.31. The van der Waals surface area contributed by atoms with E-state index >= 15 is 0 Å². The van der Waals surface area contributed by atoms with Gasteiger partial charge in [-0.1, -0.05) is 0 Å². The lowest BCUT2D eigenvalue weighted by molar-refractivity contribution is 0.448. The average molecular weight is 318 g/mol. The molecule has 3 N–H and O–H groups in total. The van der Waals surface area contributed by atoms with E-state index in [1.807, 2.05) is 0 Å². The molecule has 18 heavy (non-hydrogen) atoms. The maximum atomic E-state index is 13.0. The quantitative estimate of drug-likeness (QED) is 0.832. The zero-order valence-electron chi connectivity index (χ0n) is 8.85. The van der Waals surface area contributed by atoms with Gasteiger partial charge in [0, 0.05) is 24.0 Å². The molecule has 0 bridgehead atoms. The summed E-state index contributed by atoms with van der Waals surface area (Å²) in [4.78, 5) is 3.82. The van der Waals surface area contributed by atoms with Crippen LogP contribution in [0.3, 0.4) is 0 Å². The SMILES string of the molecule is Nc1cncc(Br)c1Nc1cc(F)c(F)c(F)c1. The second kappa shape index (κ2) is 4.85. The summed E-state index contributed by atoms with van der Waals surface area (Å²) in [7, 11) is 0. The molecule has 1 heterocycles. The van der Waals surface area contributed by atoms with Crippen LogP contribution in [0.1, 0.15) is 0 Å². The topological polar surface area (TPSA) is 50.9 Å². The minimum atomic E-state index is -1.51. The largest absolute Gasteiger partial charge is 0.396 e. The first kappa shape index (κ1) is 12.7. The predicted octanol–water partition coefficient (Wildman–Crippen LogP) is 3.59. The number of aromatic nitrogens is 1. The molecule has 0 fully saturated rings. The highest BCUT2D eigenvalue weighted by Gasteiger charge is 2.12. The van der Waals surface area contributed by atoms with Crippen molar-refractivity contribution in [2.24, 2.45) is 0 Å². The lowest BCUT2D eigenvalue weighted by Crippen LogP contribution is -2.00. The zero-order chi connectivity index (χ0) is 13.3. The van der Waals surface area contributed by atoms with E-state index in [9.17, 15) is 13.2 Å². The highest BCUT2D eigenvalue weighted by molar-refractivity contribution is 9.10. The summed E-state index contributed by atoms with van der Waals surface area (Å²) in [6.45, 7) is 0. The van der Waals surface area contributed by atoms with Gasteiger partial charge in [-0.3, -0.25) is 4.98 Å². The molecule has 0 atom stereocenters. The van der Waals surface area contributed by atoms with Gasteiger partial charge in [0.25, 0.3) is 0 Å². The van der Waals surface area contributed by atoms with Gasteiger partial charge in [0.05, 0.1) is 22.0 Å². The number of nitrogens with one attached hydrogen (secondary N) is 1. The summed E-state index contributed by atoms with van der Waals surface area (Å²) in [5, 5.41) is 2.69. The fourth-order valence-electron chi connectivity index (χ4n) is 1.35. The minimum absolute atomic E-state index is 0.0463. The monoisotopic (exact) mass is 317 g/mol. The Morgan fingerprint density at radius 1 is 1.11 bits per heavy atom. The summed E-state index contributed by atoms with van der Waals surface area (Å²) in [5.74, 6) is -4.06. The van der Waals surface area contributed by atoms with Crippen LogP contribution in [0.2, 0.25) is 0 Å². The molecule has 1 aromatic carbocycles. The van der Waals surface area contributed by atoms with E-state index in [0.717, 1.165) is 12.1 Å². The zero-order valence-corrected chi connectivity index (χ0v) is 10.4. The first-order valence-electron chi connectivity index (χ1n) is 4.79. The number of hydrogen-bond donors (Lipinski definition) is 2. The molecular weight excluding hydrogens is 311 g/mol. The van der Waals surface area contributed by atoms with Crippen molar-refractivity contribution in [1.29, 1.82) is 0 Å². The van der Waals surface area contributed by atoms with Crippen molar-refractivity contribution in [2.75, 3.05) is 11.1 Å². The first-order chi connectivity index (χ1) is 8.49. The van der Waals surface area contributed by atoms with Crippen LogP contribution in [-0.4, -0.2) is 4.98 Å². The lowest BCUT2D eigenvalue weighted by atomic mass is 10.2. The number of rotatable bonds is 2. The summed E-state index contributed by atoms with van der Waals surface area (Å²) < 4.78 is 39.4. The minimum Gasteiger partial charge on any atom is -0.396 e. The second-order valence-electron chi connectivity index (χ2n) is 3.46. The number of nitrogens with zero attached hydrogens (tertiary/aromatic N) is 1. The van der Waals surface area contributed by atoms with E-state index in [4.69, 9.17) is 5.73 Å². The Bertz CT molecular complexity index is 561. The van der Waals surface area contributed by atoms with E-state index in [2.05, 4.69) is 26.2 Å². The van der Waals surface area contributed by atoms with E-state index in [-0.39, 0.29) is 11.4 Å². The number of hydrogen-bond acceptors (Lipinski definition) is 3. The van der Waals surface area contributed by atoms with Crippen LogP contribution in [0.4, 0.5) is 30.2 Å². The van der Waals surface area contributed by atoms with Gasteiger partial charge in [-0.15, -0.1) is 0 Å². The van der Waals surface area contributed by atoms with E-state index in [1.165, 1.54) is 12.4 Å². The van der Waals surface area contributed by atoms with Gasteiger partial charge in [-0.2, -0.15) is 0 Å². The third kappa shape index (κ3) is 2.40. The fourth-order valence-corrected chi connectivity index (χ4v) is 1.80. The number of halogens is 4. The molecule has 3 nitrogen and oxygen atoms in total. The fraction of sp³-hybridized carbons (Fsp3) is 0. The molecule has 94 valence electrons. The Morgan fingerprint density at radius 2 is 1.72 bits per heavy atom. The third-order valence-corrected chi connectivity index (χ3v) is 2.78. The van der Waals surface area contributed by atoms with Crippen LogP contribution < -0.4 is 11.1 Å². The normalized spacial score (nSPS) is 10.4. The number of nitrogen functional groups attached to an aromatic ring is 1. The standard InChI is InChI=1S/C11H7BrF3N3/c12-6-3-17-4-9(16)11(6)18-5-1-7(13)10(15)8(14)2-5/h1-4H,16H2,(H,17,18). The number of nitrogens with two attached hydrogens (primary N) is 1. The van der Waals surface area contributed by atoms with Gasteiger partial charge in [0.2, 0.25) is 0 Å². The lowest BCUT2D eigenvalue weighted by Gasteiger charge is -2.11. The van der Waals surface area contributed by atoms with Gasteiger partial charge in [-0.25, -0.2) is 13.2 Å². The molecule has 2 rings (SSSR count). The van der Waals surface area contributed by atoms with Crippen molar-refractivity contribution in [3.8, 4) is 0 Å². The molecule has 0 radical (unpaired) electrons. The molecule has 0 spiro atoms. The molecule has 2 aromatic rings. The molecule has 0 unspecified atom stereocenters. The molecule has 0 aliphatic rings. The van der Waals surface area contributed by atoms with Crippen LogP contribution in [0.5, 0.6) is 0 Å². The Labute approximate surface area is 109 Å². The molecule has 7 heteroatoms. The van der Waals surface area contributed by atoms with Crippen molar-refractivity contribution >= 4 is 33.0 Å². The van der Waals surface area contributed by atoms with Crippen LogP contribution in [-0.2, 0) is 0 Å².